The average molecular weight is 275 g/mol. The van der Waals surface area contributed by atoms with E-state index in [1.165, 1.54) is 0 Å². The molecule has 0 aromatic rings. The van der Waals surface area contributed by atoms with Crippen molar-refractivity contribution in [2.24, 2.45) is 5.92 Å². The normalized spacial score (nSPS) is 10.1. The molecule has 0 saturated heterocycles. The van der Waals surface area contributed by atoms with Gasteiger partial charge in [-0.1, -0.05) is 13.8 Å². The van der Waals surface area contributed by atoms with Crippen LogP contribution in [0, 0.1) is 5.92 Å². The molecule has 0 saturated carbocycles. The Kier molecular flexibility index (Phi) is 9.15. The van der Waals surface area contributed by atoms with E-state index in [0.717, 1.165) is 0 Å². The number of rotatable bonds is 9. The van der Waals surface area contributed by atoms with Crippen LogP contribution in [0.5, 0.6) is 0 Å². The first-order chi connectivity index (χ1) is 8.91. The van der Waals surface area contributed by atoms with Gasteiger partial charge in [-0.05, 0) is 5.92 Å². The lowest BCUT2D eigenvalue weighted by molar-refractivity contribution is -0.142. The number of nitrogens with one attached hydrogen (secondary N) is 3. The number of carboxylic acids is 1. The summed E-state index contributed by atoms with van der Waals surface area (Å²) in [6.07, 6.45) is 0. The number of urea groups is 1. The van der Waals surface area contributed by atoms with Gasteiger partial charge in [0.1, 0.15) is 6.61 Å². The number of ether oxygens (including phenoxy) is 1. The largest absolute Gasteiger partial charge is 0.480 e. The van der Waals surface area contributed by atoms with Gasteiger partial charge in [0.05, 0.1) is 13.2 Å². The van der Waals surface area contributed by atoms with Gasteiger partial charge >= 0.3 is 12.0 Å². The van der Waals surface area contributed by atoms with Crippen LogP contribution in [0.2, 0.25) is 0 Å². The molecule has 0 aliphatic heterocycles. The first-order valence-corrected chi connectivity index (χ1v) is 5.99. The molecule has 3 amide bonds. The second kappa shape index (κ2) is 10.1. The summed E-state index contributed by atoms with van der Waals surface area (Å²) < 4.78 is 4.71. The van der Waals surface area contributed by atoms with E-state index in [9.17, 15) is 14.4 Å². The van der Waals surface area contributed by atoms with E-state index < -0.39 is 18.6 Å². The summed E-state index contributed by atoms with van der Waals surface area (Å²) in [5, 5.41) is 15.7. The molecule has 0 aliphatic rings. The molecular formula is C11H21N3O5. The van der Waals surface area contributed by atoms with E-state index >= 15 is 0 Å². The number of carbonyl (C=O) groups is 3. The van der Waals surface area contributed by atoms with Crippen LogP contribution in [0.3, 0.4) is 0 Å². The fourth-order valence-corrected chi connectivity index (χ4v) is 1.000. The Morgan fingerprint density at radius 1 is 1.16 bits per heavy atom. The average Bonchev–Trinajstić information content (AvgIpc) is 2.33. The van der Waals surface area contributed by atoms with E-state index in [1.54, 1.807) is 0 Å². The molecule has 19 heavy (non-hydrogen) atoms. The monoisotopic (exact) mass is 275 g/mol. The lowest BCUT2D eigenvalue weighted by Crippen LogP contribution is -2.43. The number of carbonyl (C=O) groups excluding carboxylic acids is 2. The molecule has 0 aromatic heterocycles. The van der Waals surface area contributed by atoms with Crippen LogP contribution in [-0.2, 0) is 14.3 Å². The van der Waals surface area contributed by atoms with E-state index in [1.807, 2.05) is 13.8 Å². The highest BCUT2D eigenvalue weighted by atomic mass is 16.5. The molecule has 0 unspecified atom stereocenters. The van der Waals surface area contributed by atoms with Gasteiger partial charge in [-0.15, -0.1) is 0 Å². The fraction of sp³-hybridized carbons (Fsp3) is 0.727. The molecule has 0 atom stereocenters. The Bertz CT molecular complexity index is 307. The first-order valence-electron chi connectivity index (χ1n) is 5.99. The van der Waals surface area contributed by atoms with Crippen molar-refractivity contribution in [1.82, 2.24) is 16.0 Å². The molecule has 0 spiro atoms. The Morgan fingerprint density at radius 2 is 1.84 bits per heavy atom. The highest BCUT2D eigenvalue weighted by Crippen LogP contribution is 1.86. The fourth-order valence-electron chi connectivity index (χ4n) is 1.000. The van der Waals surface area contributed by atoms with Crippen molar-refractivity contribution in [2.75, 3.05) is 32.8 Å². The van der Waals surface area contributed by atoms with Crippen LogP contribution in [0.4, 0.5) is 4.79 Å². The van der Waals surface area contributed by atoms with Crippen LogP contribution in [0.15, 0.2) is 0 Å². The molecule has 0 aliphatic carbocycles. The van der Waals surface area contributed by atoms with Gasteiger partial charge in [0.25, 0.3) is 0 Å². The molecule has 110 valence electrons. The van der Waals surface area contributed by atoms with Gasteiger partial charge in [0, 0.05) is 13.1 Å². The number of amides is 3. The zero-order chi connectivity index (χ0) is 14.7. The summed E-state index contributed by atoms with van der Waals surface area (Å²) in [5.41, 5.74) is 0. The van der Waals surface area contributed by atoms with E-state index in [4.69, 9.17) is 9.84 Å². The lowest BCUT2D eigenvalue weighted by atomic mass is 10.2. The first kappa shape index (κ1) is 17.2. The maximum Gasteiger partial charge on any atom is 0.329 e. The van der Waals surface area contributed by atoms with Crippen molar-refractivity contribution in [2.45, 2.75) is 13.8 Å². The molecule has 0 rings (SSSR count). The summed E-state index contributed by atoms with van der Waals surface area (Å²) in [6.45, 7) is 4.27. The third-order valence-corrected chi connectivity index (χ3v) is 1.87. The van der Waals surface area contributed by atoms with Gasteiger partial charge in [-0.3, -0.25) is 4.79 Å². The quantitative estimate of drug-likeness (QED) is 0.409. The minimum Gasteiger partial charge on any atom is -0.480 e. The Hall–Kier alpha value is -1.83. The molecular weight excluding hydrogens is 254 g/mol. The third-order valence-electron chi connectivity index (χ3n) is 1.87. The molecule has 0 radical (unpaired) electrons. The summed E-state index contributed by atoms with van der Waals surface area (Å²) in [4.78, 5) is 32.6. The van der Waals surface area contributed by atoms with Crippen LogP contribution in [0.25, 0.3) is 0 Å². The van der Waals surface area contributed by atoms with Gasteiger partial charge in [0.15, 0.2) is 0 Å². The van der Waals surface area contributed by atoms with Crippen LogP contribution >= 0.6 is 0 Å². The third kappa shape index (κ3) is 12.4. The zero-order valence-corrected chi connectivity index (χ0v) is 11.2. The standard InChI is InChI=1S/C11H21N3O5/c1-8(2)5-13-9(15)6-14-11(18)12-3-4-19-7-10(16)17/h8H,3-7H2,1-2H3,(H,13,15)(H,16,17)(H2,12,14,18). The van der Waals surface area contributed by atoms with Crippen LogP contribution < -0.4 is 16.0 Å². The minimum atomic E-state index is -1.06. The molecule has 8 heteroatoms. The van der Waals surface area contributed by atoms with Gasteiger partial charge in [-0.25, -0.2) is 9.59 Å². The Labute approximate surface area is 111 Å². The molecule has 4 N–H and O–H groups in total. The van der Waals surface area contributed by atoms with Crippen molar-refractivity contribution in [3.8, 4) is 0 Å². The van der Waals surface area contributed by atoms with E-state index in [2.05, 4.69) is 16.0 Å². The molecule has 0 fully saturated rings. The Balaban J connectivity index is 3.48. The molecule has 0 aromatic carbocycles. The topological polar surface area (TPSA) is 117 Å². The minimum absolute atomic E-state index is 0.0965. The highest BCUT2D eigenvalue weighted by Gasteiger charge is 2.05. The predicted molar refractivity (Wildman–Crippen MR) is 67.7 cm³/mol. The van der Waals surface area contributed by atoms with Crippen molar-refractivity contribution in [3.05, 3.63) is 0 Å². The van der Waals surface area contributed by atoms with Gasteiger partial charge < -0.3 is 25.8 Å². The van der Waals surface area contributed by atoms with Crippen molar-refractivity contribution >= 4 is 17.9 Å². The van der Waals surface area contributed by atoms with Crippen molar-refractivity contribution in [3.63, 3.8) is 0 Å². The molecule has 0 heterocycles. The smallest absolute Gasteiger partial charge is 0.329 e. The summed E-state index contributed by atoms with van der Waals surface area (Å²) in [7, 11) is 0. The number of hydrogen-bond donors (Lipinski definition) is 4. The highest BCUT2D eigenvalue weighted by molar-refractivity contribution is 5.83. The van der Waals surface area contributed by atoms with E-state index in [0.29, 0.717) is 12.5 Å². The predicted octanol–water partition coefficient (Wildman–Crippen LogP) is -0.841. The van der Waals surface area contributed by atoms with Crippen molar-refractivity contribution in [1.29, 1.82) is 0 Å². The number of aliphatic carboxylic acids is 1. The SMILES string of the molecule is CC(C)CNC(=O)CNC(=O)NCCOCC(=O)O. The van der Waals surface area contributed by atoms with Crippen molar-refractivity contribution < 1.29 is 24.2 Å². The van der Waals surface area contributed by atoms with Gasteiger partial charge in [-0.2, -0.15) is 0 Å². The van der Waals surface area contributed by atoms with E-state index in [-0.39, 0.29) is 25.6 Å². The van der Waals surface area contributed by atoms with Crippen LogP contribution in [0.1, 0.15) is 13.8 Å². The number of hydrogen-bond acceptors (Lipinski definition) is 4. The van der Waals surface area contributed by atoms with Crippen LogP contribution in [-0.4, -0.2) is 55.9 Å². The summed E-state index contributed by atoms with van der Waals surface area (Å²) in [5.74, 6) is -0.971. The summed E-state index contributed by atoms with van der Waals surface area (Å²) in [6, 6.07) is -0.501. The zero-order valence-electron chi connectivity index (χ0n) is 11.2. The second-order valence-electron chi connectivity index (χ2n) is 4.25. The summed E-state index contributed by atoms with van der Waals surface area (Å²) >= 11 is 0. The molecule has 8 nitrogen and oxygen atoms in total. The Morgan fingerprint density at radius 3 is 2.42 bits per heavy atom. The van der Waals surface area contributed by atoms with Gasteiger partial charge in [0.2, 0.25) is 5.91 Å². The maximum atomic E-state index is 11.3. The molecule has 0 bridgehead atoms. The maximum absolute atomic E-state index is 11.3. The lowest BCUT2D eigenvalue weighted by Gasteiger charge is -2.09. The number of carboxylic acid groups (broad SMARTS) is 1. The second-order valence-corrected chi connectivity index (χ2v) is 4.25.